The third-order valence-corrected chi connectivity index (χ3v) is 4.62. The highest BCUT2D eigenvalue weighted by molar-refractivity contribution is 5.67. The lowest BCUT2D eigenvalue weighted by Gasteiger charge is -2.17. The van der Waals surface area contributed by atoms with Gasteiger partial charge in [0.2, 0.25) is 0 Å². The molecule has 3 N–H and O–H groups in total. The van der Waals surface area contributed by atoms with Crippen molar-refractivity contribution in [2.24, 2.45) is 10.4 Å². The molecule has 4 unspecified atom stereocenters. The van der Waals surface area contributed by atoms with Crippen molar-refractivity contribution in [1.29, 1.82) is 0 Å². The van der Waals surface area contributed by atoms with Crippen molar-refractivity contribution in [3.8, 4) is 0 Å². The van der Waals surface area contributed by atoms with Gasteiger partial charge in [-0.15, -0.1) is 0 Å². The fraction of sp³-hybridized carbons (Fsp3) is 0.706. The number of carbonyl (C=O) groups is 1. The van der Waals surface area contributed by atoms with Gasteiger partial charge in [-0.1, -0.05) is 43.0 Å². The molecule has 0 spiro atoms. The van der Waals surface area contributed by atoms with Gasteiger partial charge in [0, 0.05) is 18.8 Å². The van der Waals surface area contributed by atoms with Crippen LogP contribution in [0.1, 0.15) is 45.3 Å². The molecule has 0 saturated carbocycles. The third kappa shape index (κ3) is 6.29. The standard InChI is InChI=1S/C17H26N6O7/c1-2-3-4-5-6-8-18-17(26)30-22-12-7-9-23(16(25)20-12)15-14(24)13(21-28)11(29-15)10-19-27/h7,9,11,13-15,24H,2-6,8,10H2,1H3,(H,18,26)(H,20,22,25). The summed E-state index contributed by atoms with van der Waals surface area (Å²) in [5, 5.41) is 18.1. The van der Waals surface area contributed by atoms with E-state index in [2.05, 4.69) is 33.1 Å². The van der Waals surface area contributed by atoms with Crippen molar-refractivity contribution in [3.05, 3.63) is 32.6 Å². The molecule has 1 saturated heterocycles. The molecular formula is C17H26N6O7. The average molecular weight is 426 g/mol. The minimum atomic E-state index is -1.45. The Kier molecular flexibility index (Phi) is 9.28. The zero-order valence-electron chi connectivity index (χ0n) is 16.6. The minimum absolute atomic E-state index is 0.0435. The van der Waals surface area contributed by atoms with Gasteiger partial charge in [0.25, 0.3) is 0 Å². The Bertz CT molecular complexity index is 773. The number of carbonyl (C=O) groups excluding carboxylic acids is 1. The van der Waals surface area contributed by atoms with Crippen LogP contribution in [0.4, 0.5) is 10.6 Å². The third-order valence-electron chi connectivity index (χ3n) is 4.62. The summed E-state index contributed by atoms with van der Waals surface area (Å²) in [4.78, 5) is 53.7. The number of aliphatic hydroxyl groups is 1. The zero-order valence-corrected chi connectivity index (χ0v) is 16.6. The van der Waals surface area contributed by atoms with Crippen LogP contribution in [0.25, 0.3) is 0 Å². The van der Waals surface area contributed by atoms with Crippen LogP contribution in [0.15, 0.2) is 27.4 Å². The van der Waals surface area contributed by atoms with Crippen LogP contribution in [0.2, 0.25) is 0 Å². The van der Waals surface area contributed by atoms with Gasteiger partial charge < -0.3 is 20.0 Å². The van der Waals surface area contributed by atoms with Gasteiger partial charge >= 0.3 is 11.8 Å². The second-order valence-corrected chi connectivity index (χ2v) is 6.80. The fourth-order valence-electron chi connectivity index (χ4n) is 3.03. The first-order valence-electron chi connectivity index (χ1n) is 9.76. The summed E-state index contributed by atoms with van der Waals surface area (Å²) in [5.74, 6) is -0.0435. The maximum atomic E-state index is 12.2. The number of aliphatic hydroxyl groups excluding tert-OH is 1. The highest BCUT2D eigenvalue weighted by Crippen LogP contribution is 2.30. The molecule has 2 heterocycles. The molecule has 1 aromatic rings. The molecule has 2 rings (SSSR count). The van der Waals surface area contributed by atoms with E-state index in [1.165, 1.54) is 12.3 Å². The van der Waals surface area contributed by atoms with Crippen molar-refractivity contribution in [2.45, 2.75) is 63.5 Å². The molecule has 30 heavy (non-hydrogen) atoms. The van der Waals surface area contributed by atoms with E-state index in [0.29, 0.717) is 6.54 Å². The maximum Gasteiger partial charge on any atom is 0.431 e. The van der Waals surface area contributed by atoms with E-state index in [1.54, 1.807) is 0 Å². The first-order chi connectivity index (χ1) is 14.5. The molecule has 1 amide bonds. The van der Waals surface area contributed by atoms with Gasteiger partial charge in [-0.2, -0.15) is 20.3 Å². The SMILES string of the molecule is CCCCCCCNC(=O)ONc1ccn(C2OC(CN=O)C(N=O)C2O)c(=O)n1. The summed E-state index contributed by atoms with van der Waals surface area (Å²) in [6, 6.07) is 0.0656. The number of rotatable bonds is 12. The summed E-state index contributed by atoms with van der Waals surface area (Å²) in [5.41, 5.74) is 1.42. The number of unbranched alkanes of at least 4 members (excludes halogenated alkanes) is 4. The number of nitroso groups, excluding NO2 is 2. The summed E-state index contributed by atoms with van der Waals surface area (Å²) in [6.07, 6.45) is 2.03. The molecule has 166 valence electrons. The minimum Gasteiger partial charge on any atom is -0.386 e. The predicted molar refractivity (Wildman–Crippen MR) is 106 cm³/mol. The lowest BCUT2D eigenvalue weighted by atomic mass is 10.1. The van der Waals surface area contributed by atoms with Crippen LogP contribution >= 0.6 is 0 Å². The Morgan fingerprint density at radius 1 is 1.33 bits per heavy atom. The lowest BCUT2D eigenvalue weighted by Crippen LogP contribution is -2.35. The molecule has 1 fully saturated rings. The van der Waals surface area contributed by atoms with Gasteiger partial charge in [0.15, 0.2) is 18.1 Å². The Balaban J connectivity index is 1.87. The molecule has 0 bridgehead atoms. The molecule has 4 atom stereocenters. The van der Waals surface area contributed by atoms with E-state index in [9.17, 15) is 24.5 Å². The zero-order chi connectivity index (χ0) is 21.9. The van der Waals surface area contributed by atoms with Crippen molar-refractivity contribution in [2.75, 3.05) is 18.6 Å². The Hall–Kier alpha value is -2.93. The first-order valence-corrected chi connectivity index (χ1v) is 9.76. The molecule has 0 aliphatic carbocycles. The molecule has 0 aromatic carbocycles. The lowest BCUT2D eigenvalue weighted by molar-refractivity contribution is -0.0370. The quantitative estimate of drug-likeness (QED) is 0.254. The smallest absolute Gasteiger partial charge is 0.386 e. The molecule has 13 heteroatoms. The Morgan fingerprint density at radius 2 is 2.10 bits per heavy atom. The van der Waals surface area contributed by atoms with Crippen LogP contribution < -0.4 is 16.5 Å². The van der Waals surface area contributed by atoms with Crippen molar-refractivity contribution in [1.82, 2.24) is 14.9 Å². The van der Waals surface area contributed by atoms with Crippen molar-refractivity contribution >= 4 is 11.9 Å². The van der Waals surface area contributed by atoms with Gasteiger partial charge in [-0.3, -0.25) is 4.57 Å². The highest BCUT2D eigenvalue weighted by atomic mass is 16.7. The van der Waals surface area contributed by atoms with Crippen molar-refractivity contribution in [3.63, 3.8) is 0 Å². The normalized spacial score (nSPS) is 23.0. The van der Waals surface area contributed by atoms with Crippen LogP contribution in [0.5, 0.6) is 0 Å². The molecule has 0 radical (unpaired) electrons. The fourth-order valence-corrected chi connectivity index (χ4v) is 3.03. The summed E-state index contributed by atoms with van der Waals surface area (Å²) < 4.78 is 6.31. The monoisotopic (exact) mass is 426 g/mol. The second kappa shape index (κ2) is 11.9. The van der Waals surface area contributed by atoms with E-state index in [4.69, 9.17) is 9.57 Å². The van der Waals surface area contributed by atoms with E-state index in [0.717, 1.165) is 36.7 Å². The van der Waals surface area contributed by atoms with E-state index < -0.39 is 42.8 Å². The van der Waals surface area contributed by atoms with Gasteiger partial charge in [-0.05, 0) is 6.42 Å². The predicted octanol–water partition coefficient (Wildman–Crippen LogP) is 1.43. The first kappa shape index (κ1) is 23.3. The molecule has 1 aromatic heterocycles. The Labute approximate surface area is 172 Å². The number of hydrogen-bond donors (Lipinski definition) is 3. The van der Waals surface area contributed by atoms with E-state index >= 15 is 0 Å². The number of anilines is 1. The summed E-state index contributed by atoms with van der Waals surface area (Å²) in [6.45, 7) is 2.20. The van der Waals surface area contributed by atoms with Crippen LogP contribution in [-0.2, 0) is 9.57 Å². The number of ether oxygens (including phenoxy) is 1. The van der Waals surface area contributed by atoms with Crippen LogP contribution in [0.3, 0.4) is 0 Å². The summed E-state index contributed by atoms with van der Waals surface area (Å²) in [7, 11) is 0. The maximum absolute atomic E-state index is 12.2. The van der Waals surface area contributed by atoms with Gasteiger partial charge in [-0.25, -0.2) is 9.59 Å². The van der Waals surface area contributed by atoms with Crippen LogP contribution in [-0.4, -0.2) is 52.1 Å². The number of amides is 1. The molecule has 13 nitrogen and oxygen atoms in total. The average Bonchev–Trinajstić information content (AvgIpc) is 3.04. The van der Waals surface area contributed by atoms with E-state index in [-0.39, 0.29) is 5.82 Å². The Morgan fingerprint density at radius 3 is 2.77 bits per heavy atom. The van der Waals surface area contributed by atoms with Crippen molar-refractivity contribution < 1.29 is 19.5 Å². The molecular weight excluding hydrogens is 400 g/mol. The van der Waals surface area contributed by atoms with E-state index in [1.807, 2.05) is 0 Å². The van der Waals surface area contributed by atoms with Crippen LogP contribution in [0, 0.1) is 9.81 Å². The number of hydrogen-bond acceptors (Lipinski definition) is 11. The highest BCUT2D eigenvalue weighted by Gasteiger charge is 2.46. The molecule has 1 aliphatic heterocycles. The summed E-state index contributed by atoms with van der Waals surface area (Å²) >= 11 is 0. The number of aromatic nitrogens is 2. The largest absolute Gasteiger partial charge is 0.431 e. The number of nitrogens with one attached hydrogen (secondary N) is 2. The van der Waals surface area contributed by atoms with Gasteiger partial charge in [0.1, 0.15) is 18.8 Å². The number of nitrogens with zero attached hydrogens (tertiary/aromatic N) is 4. The molecule has 1 aliphatic rings. The topological polar surface area (TPSA) is 174 Å². The van der Waals surface area contributed by atoms with Gasteiger partial charge in [0.05, 0.1) is 0 Å². The second-order valence-electron chi connectivity index (χ2n) is 6.80.